The molecular formula is C32H36N2O4. The van der Waals surface area contributed by atoms with Gasteiger partial charge in [0.2, 0.25) is 5.91 Å². The number of carbonyl (C=O) groups is 3. The number of aromatic nitrogens is 1. The van der Waals surface area contributed by atoms with Crippen molar-refractivity contribution in [2.75, 3.05) is 0 Å². The molecule has 3 aliphatic rings. The summed E-state index contributed by atoms with van der Waals surface area (Å²) in [6.07, 6.45) is 10.9. The minimum atomic E-state index is -1.53. The maximum Gasteiger partial charge on any atom is 0.235 e. The molecule has 198 valence electrons. The van der Waals surface area contributed by atoms with Crippen LogP contribution in [0.2, 0.25) is 0 Å². The van der Waals surface area contributed by atoms with Gasteiger partial charge < -0.3 is 15.4 Å². The summed E-state index contributed by atoms with van der Waals surface area (Å²) in [6, 6.07) is 7.68. The van der Waals surface area contributed by atoms with E-state index in [4.69, 9.17) is 0 Å². The molecule has 6 atom stereocenters. The third kappa shape index (κ3) is 4.21. The maximum atomic E-state index is 14.1. The van der Waals surface area contributed by atoms with Crippen LogP contribution in [-0.4, -0.2) is 39.7 Å². The number of H-pyrrole nitrogens is 1. The van der Waals surface area contributed by atoms with E-state index in [1.165, 1.54) is 12.2 Å². The average Bonchev–Trinajstić information content (AvgIpc) is 3.41. The molecule has 1 amide bonds. The van der Waals surface area contributed by atoms with Crippen LogP contribution in [0.3, 0.4) is 0 Å². The van der Waals surface area contributed by atoms with Crippen molar-refractivity contribution in [1.29, 1.82) is 0 Å². The highest BCUT2D eigenvalue weighted by molar-refractivity contribution is 6.15. The molecular weight excluding hydrogens is 476 g/mol. The lowest BCUT2D eigenvalue weighted by molar-refractivity contribution is -0.144. The molecule has 0 saturated carbocycles. The lowest BCUT2D eigenvalue weighted by Crippen LogP contribution is -2.55. The van der Waals surface area contributed by atoms with Crippen LogP contribution < -0.4 is 5.32 Å². The highest BCUT2D eigenvalue weighted by Gasteiger charge is 2.66. The highest BCUT2D eigenvalue weighted by atomic mass is 16.3. The van der Waals surface area contributed by atoms with Crippen LogP contribution in [0.4, 0.5) is 0 Å². The van der Waals surface area contributed by atoms with Crippen LogP contribution in [0, 0.1) is 23.2 Å². The van der Waals surface area contributed by atoms with Gasteiger partial charge in [-0.25, -0.2) is 0 Å². The third-order valence-electron chi connectivity index (χ3n) is 8.80. The Morgan fingerprint density at radius 2 is 1.82 bits per heavy atom. The van der Waals surface area contributed by atoms with E-state index in [-0.39, 0.29) is 30.1 Å². The fourth-order valence-corrected chi connectivity index (χ4v) is 6.91. The number of benzene rings is 1. The molecule has 6 heteroatoms. The lowest BCUT2D eigenvalue weighted by Gasteiger charge is -2.45. The molecule has 5 rings (SSSR count). The number of ketones is 2. The first kappa shape index (κ1) is 26.1. The molecule has 3 N–H and O–H groups in total. The summed E-state index contributed by atoms with van der Waals surface area (Å²) >= 11 is 0. The van der Waals surface area contributed by atoms with E-state index in [1.54, 1.807) is 0 Å². The average molecular weight is 513 g/mol. The lowest BCUT2D eigenvalue weighted by atomic mass is 9.55. The summed E-state index contributed by atoms with van der Waals surface area (Å²) in [4.78, 5) is 44.2. The van der Waals surface area contributed by atoms with Crippen molar-refractivity contribution >= 4 is 28.4 Å². The molecule has 0 unspecified atom stereocenters. The minimum Gasteiger partial charge on any atom is -0.388 e. The van der Waals surface area contributed by atoms with E-state index in [9.17, 15) is 19.5 Å². The summed E-state index contributed by atoms with van der Waals surface area (Å²) in [5.74, 6) is -2.01. The predicted molar refractivity (Wildman–Crippen MR) is 148 cm³/mol. The van der Waals surface area contributed by atoms with Crippen molar-refractivity contribution in [3.05, 3.63) is 83.1 Å². The van der Waals surface area contributed by atoms with Gasteiger partial charge in [0, 0.05) is 41.4 Å². The molecule has 1 aliphatic heterocycles. The standard InChI is InChI=1S/C32H36N2O4/c1-18-8-7-10-25-30(37)21(4)20(3)29-27(16-22-17-33-26-11-6-5-9-24(22)26)34-31(38)32(25,29)28(36)13-12-23(35)15-19(2)14-18/h5-7,9-14,17-18,25,27,29-30,33,37H,8,15-16H2,1-4H3,(H,34,38)/b10-7+,13-12+,19-14+/t18-,25-,27-,29-,30+,32+/m0/s1. The van der Waals surface area contributed by atoms with Gasteiger partial charge >= 0.3 is 0 Å². The molecule has 0 radical (unpaired) electrons. The molecule has 1 fully saturated rings. The first-order chi connectivity index (χ1) is 18.1. The Morgan fingerprint density at radius 3 is 2.61 bits per heavy atom. The van der Waals surface area contributed by atoms with Gasteiger partial charge in [0.25, 0.3) is 0 Å². The topological polar surface area (TPSA) is 99.3 Å². The number of aromatic amines is 1. The second-order valence-electron chi connectivity index (χ2n) is 11.3. The van der Waals surface area contributed by atoms with Crippen molar-refractivity contribution in [2.45, 2.75) is 59.1 Å². The zero-order valence-corrected chi connectivity index (χ0v) is 22.5. The van der Waals surface area contributed by atoms with Crippen molar-refractivity contribution in [2.24, 2.45) is 23.2 Å². The molecule has 0 bridgehead atoms. The molecule has 1 aromatic heterocycles. The van der Waals surface area contributed by atoms with Crippen LogP contribution in [-0.2, 0) is 20.8 Å². The number of rotatable bonds is 2. The number of aliphatic hydroxyl groups is 1. The smallest absolute Gasteiger partial charge is 0.235 e. The van der Waals surface area contributed by atoms with Crippen LogP contribution in [0.5, 0.6) is 0 Å². The number of fused-ring (bicyclic) bond motifs is 1. The summed E-state index contributed by atoms with van der Waals surface area (Å²) in [5.41, 5.74) is 3.14. The van der Waals surface area contributed by atoms with Crippen LogP contribution in [0.15, 0.2) is 77.6 Å². The molecule has 6 nitrogen and oxygen atoms in total. The number of hydrogen-bond acceptors (Lipinski definition) is 4. The number of hydrogen-bond donors (Lipinski definition) is 3. The quantitative estimate of drug-likeness (QED) is 0.399. The predicted octanol–water partition coefficient (Wildman–Crippen LogP) is 4.77. The van der Waals surface area contributed by atoms with E-state index in [0.717, 1.165) is 33.2 Å². The molecule has 1 aromatic carbocycles. The summed E-state index contributed by atoms with van der Waals surface area (Å²) in [6.45, 7) is 7.81. The van der Waals surface area contributed by atoms with Crippen LogP contribution in [0.1, 0.15) is 46.1 Å². The number of nitrogens with one attached hydrogen (secondary N) is 2. The van der Waals surface area contributed by atoms with E-state index < -0.39 is 29.1 Å². The van der Waals surface area contributed by atoms with Gasteiger partial charge in [-0.3, -0.25) is 14.4 Å². The largest absolute Gasteiger partial charge is 0.388 e. The van der Waals surface area contributed by atoms with Crippen molar-refractivity contribution in [3.8, 4) is 0 Å². The Hall–Kier alpha value is -3.51. The Balaban J connectivity index is 1.64. The maximum absolute atomic E-state index is 14.1. The molecule has 1 spiro atoms. The number of para-hydroxylation sites is 1. The number of allylic oxidation sites excluding steroid dienone is 5. The molecule has 38 heavy (non-hydrogen) atoms. The molecule has 1 saturated heterocycles. The Bertz CT molecular complexity index is 1420. The third-order valence-corrected chi connectivity index (χ3v) is 8.80. The normalized spacial score (nSPS) is 35.3. The Labute approximate surface area is 223 Å². The van der Waals surface area contributed by atoms with Crippen molar-refractivity contribution < 1.29 is 19.5 Å². The van der Waals surface area contributed by atoms with Gasteiger partial charge in [-0.05, 0) is 68.9 Å². The second-order valence-corrected chi connectivity index (χ2v) is 11.3. The van der Waals surface area contributed by atoms with Crippen LogP contribution >= 0.6 is 0 Å². The van der Waals surface area contributed by atoms with Gasteiger partial charge in [-0.1, -0.05) is 54.5 Å². The second kappa shape index (κ2) is 9.99. The first-order valence-corrected chi connectivity index (χ1v) is 13.4. The number of aliphatic hydroxyl groups excluding tert-OH is 1. The Morgan fingerprint density at radius 1 is 1.05 bits per heavy atom. The SMILES string of the molecule is CC1=C(C)[C@H]2[C@H](Cc3c[nH]c4ccccc34)NC(=O)[C@]23C(=O)/C=C/C(=O)C/C(C)=C/[C@@H](C)C/C=C/[C@H]3[C@@H]1O. The van der Waals surface area contributed by atoms with E-state index in [0.29, 0.717) is 12.8 Å². The van der Waals surface area contributed by atoms with Gasteiger partial charge in [-0.2, -0.15) is 0 Å². The van der Waals surface area contributed by atoms with Crippen molar-refractivity contribution in [1.82, 2.24) is 10.3 Å². The summed E-state index contributed by atoms with van der Waals surface area (Å²) < 4.78 is 0. The zero-order chi connectivity index (χ0) is 27.2. The molecule has 2 heterocycles. The van der Waals surface area contributed by atoms with E-state index >= 15 is 0 Å². The number of carbonyl (C=O) groups excluding carboxylic acids is 3. The van der Waals surface area contributed by atoms with Crippen molar-refractivity contribution in [3.63, 3.8) is 0 Å². The van der Waals surface area contributed by atoms with E-state index in [2.05, 4.69) is 23.3 Å². The number of amides is 1. The fourth-order valence-electron chi connectivity index (χ4n) is 6.91. The summed E-state index contributed by atoms with van der Waals surface area (Å²) in [5, 5.41) is 15.7. The van der Waals surface area contributed by atoms with Gasteiger partial charge in [-0.15, -0.1) is 0 Å². The Kier molecular flexibility index (Phi) is 6.86. The monoisotopic (exact) mass is 512 g/mol. The van der Waals surface area contributed by atoms with Crippen LogP contribution in [0.25, 0.3) is 10.9 Å². The highest BCUT2D eigenvalue weighted by Crippen LogP contribution is 2.55. The van der Waals surface area contributed by atoms with Gasteiger partial charge in [0.05, 0.1) is 6.10 Å². The first-order valence-electron chi connectivity index (χ1n) is 13.4. The van der Waals surface area contributed by atoms with Gasteiger partial charge in [0.1, 0.15) is 5.41 Å². The van der Waals surface area contributed by atoms with Gasteiger partial charge in [0.15, 0.2) is 11.6 Å². The molecule has 2 aliphatic carbocycles. The zero-order valence-electron chi connectivity index (χ0n) is 22.5. The molecule has 2 aromatic rings. The summed E-state index contributed by atoms with van der Waals surface area (Å²) in [7, 11) is 0. The minimum absolute atomic E-state index is 0.176. The van der Waals surface area contributed by atoms with E-state index in [1.807, 2.05) is 63.4 Å². The fraction of sp³-hybridized carbons (Fsp3) is 0.406.